The number of amides is 4. The first-order valence-electron chi connectivity index (χ1n) is 13.3. The van der Waals surface area contributed by atoms with Crippen LogP contribution in [0, 0.1) is 0 Å². The number of likely N-dealkylation sites (N-methyl/N-ethyl adjacent to an activating group) is 1. The van der Waals surface area contributed by atoms with Crippen molar-refractivity contribution in [3.8, 4) is 17.2 Å². The quantitative estimate of drug-likeness (QED) is 0.552. The van der Waals surface area contributed by atoms with Crippen LogP contribution in [0.1, 0.15) is 37.3 Å². The topological polar surface area (TPSA) is 104 Å². The number of nitrogens with one attached hydrogen (secondary N) is 1. The minimum Gasteiger partial charge on any atom is -0.497 e. The molecule has 5 rings (SSSR count). The van der Waals surface area contributed by atoms with Crippen LogP contribution in [0.25, 0.3) is 0 Å². The summed E-state index contributed by atoms with van der Waals surface area (Å²) in [6.45, 7) is 3.09. The van der Waals surface area contributed by atoms with Gasteiger partial charge < -0.3 is 29.3 Å². The Morgan fingerprint density at radius 3 is 2.56 bits per heavy atom. The summed E-state index contributed by atoms with van der Waals surface area (Å²) in [5, 5.41) is 6.19. The van der Waals surface area contributed by atoms with E-state index in [1.54, 1.807) is 34.0 Å². The highest BCUT2D eigenvalue weighted by molar-refractivity contribution is 5.91. The fourth-order valence-electron chi connectivity index (χ4n) is 5.38. The van der Waals surface area contributed by atoms with Crippen LogP contribution < -0.4 is 19.5 Å². The van der Waals surface area contributed by atoms with Gasteiger partial charge in [0.2, 0.25) is 18.6 Å². The van der Waals surface area contributed by atoms with Crippen molar-refractivity contribution < 1.29 is 28.6 Å². The van der Waals surface area contributed by atoms with Crippen molar-refractivity contribution >= 4 is 17.8 Å². The summed E-state index contributed by atoms with van der Waals surface area (Å²) < 4.78 is 16.1. The number of methoxy groups -OCH3 is 1. The van der Waals surface area contributed by atoms with Gasteiger partial charge in [-0.1, -0.05) is 38.0 Å². The Hall–Kier alpha value is -3.99. The molecule has 2 fully saturated rings. The number of ether oxygens (including phenoxy) is 3. The molecule has 2 aromatic rings. The Morgan fingerprint density at radius 1 is 1.08 bits per heavy atom. The lowest BCUT2D eigenvalue weighted by atomic mass is 10.0. The van der Waals surface area contributed by atoms with Crippen LogP contribution in [-0.4, -0.2) is 83.9 Å². The molecule has 11 nitrogen and oxygen atoms in total. The van der Waals surface area contributed by atoms with Crippen molar-refractivity contribution in [3.63, 3.8) is 0 Å². The molecule has 11 heteroatoms. The summed E-state index contributed by atoms with van der Waals surface area (Å²) in [5.74, 6) is 1.80. The summed E-state index contributed by atoms with van der Waals surface area (Å²) in [6.07, 6.45) is 1.61. The minimum atomic E-state index is -0.629. The first-order valence-corrected chi connectivity index (χ1v) is 13.3. The molecule has 3 aliphatic rings. The molecule has 2 aromatic carbocycles. The van der Waals surface area contributed by atoms with E-state index in [9.17, 15) is 14.4 Å². The molecule has 1 unspecified atom stereocenters. The van der Waals surface area contributed by atoms with Gasteiger partial charge in [0.1, 0.15) is 18.0 Å². The average molecular weight is 538 g/mol. The van der Waals surface area contributed by atoms with E-state index in [2.05, 4.69) is 12.2 Å². The third kappa shape index (κ3) is 5.44. The highest BCUT2D eigenvalue weighted by atomic mass is 16.7. The molecule has 3 heterocycles. The monoisotopic (exact) mass is 537 g/mol. The zero-order chi connectivity index (χ0) is 27.5. The largest absolute Gasteiger partial charge is 0.497 e. The van der Waals surface area contributed by atoms with Gasteiger partial charge in [0.15, 0.2) is 11.5 Å². The number of hydrogen-bond donors (Lipinski definition) is 1. The van der Waals surface area contributed by atoms with Crippen molar-refractivity contribution in [1.82, 2.24) is 25.1 Å². The smallest absolute Gasteiger partial charge is 0.334 e. The Morgan fingerprint density at radius 2 is 1.82 bits per heavy atom. The molecule has 0 bridgehead atoms. The fourth-order valence-corrected chi connectivity index (χ4v) is 5.38. The second-order valence-corrected chi connectivity index (χ2v) is 10.0. The molecule has 0 radical (unpaired) electrons. The molecule has 1 N–H and O–H groups in total. The zero-order valence-electron chi connectivity index (χ0n) is 22.6. The number of hydrazine groups is 1. The predicted molar refractivity (Wildman–Crippen MR) is 142 cm³/mol. The zero-order valence-corrected chi connectivity index (χ0v) is 22.6. The Bertz CT molecular complexity index is 1220. The summed E-state index contributed by atoms with van der Waals surface area (Å²) in [6, 6.07) is 12.1. The predicted octanol–water partition coefficient (Wildman–Crippen LogP) is 2.55. The van der Waals surface area contributed by atoms with Crippen molar-refractivity contribution in [2.24, 2.45) is 0 Å². The molecule has 3 aliphatic heterocycles. The van der Waals surface area contributed by atoms with Crippen LogP contribution in [0.4, 0.5) is 4.79 Å². The summed E-state index contributed by atoms with van der Waals surface area (Å²) in [5.41, 5.74) is 1.81. The highest BCUT2D eigenvalue weighted by Crippen LogP contribution is 2.34. The van der Waals surface area contributed by atoms with E-state index in [-0.39, 0.29) is 37.7 Å². The molecule has 2 atom stereocenters. The SMILES string of the molecule is CCCC[C@H]1C(=O)N(Cc2ccc3c(c2)OCO3)CC2N1C(=O)CN(C)N2C(=O)NCc1ccc(OC)cc1. The van der Waals surface area contributed by atoms with Crippen LogP contribution in [0.2, 0.25) is 0 Å². The van der Waals surface area contributed by atoms with Crippen LogP contribution in [0.3, 0.4) is 0 Å². The second-order valence-electron chi connectivity index (χ2n) is 10.0. The second kappa shape index (κ2) is 11.4. The van der Waals surface area contributed by atoms with Crippen molar-refractivity contribution in [2.75, 3.05) is 34.0 Å². The lowest BCUT2D eigenvalue weighted by Gasteiger charge is -2.54. The first kappa shape index (κ1) is 26.6. The molecule has 0 spiro atoms. The van der Waals surface area contributed by atoms with Gasteiger partial charge in [-0.05, 0) is 41.8 Å². The maximum Gasteiger partial charge on any atom is 0.334 e. The molecule has 4 amide bonds. The molecular formula is C28H35N5O6. The number of benzene rings is 2. The van der Waals surface area contributed by atoms with Gasteiger partial charge in [-0.2, -0.15) is 0 Å². The summed E-state index contributed by atoms with van der Waals surface area (Å²) in [4.78, 5) is 43.9. The average Bonchev–Trinajstić information content (AvgIpc) is 3.40. The molecule has 0 aliphatic carbocycles. The number of hydrogen-bond acceptors (Lipinski definition) is 7. The van der Waals surface area contributed by atoms with E-state index in [0.29, 0.717) is 31.0 Å². The maximum absolute atomic E-state index is 13.7. The van der Waals surface area contributed by atoms with Gasteiger partial charge in [0.05, 0.1) is 20.2 Å². The van der Waals surface area contributed by atoms with Crippen LogP contribution in [0.5, 0.6) is 17.2 Å². The fraction of sp³-hybridized carbons (Fsp3) is 0.464. The number of unbranched alkanes of at least 4 members (excludes halogenated alkanes) is 1. The standard InChI is InChI=1S/C28H35N5O6/c1-4-5-6-22-27(35)31(15-20-9-12-23-24(13-20)39-18-38-23)16-25-32(22)26(34)17-30(2)33(25)28(36)29-14-19-7-10-21(37-3)11-8-19/h7-13,22,25H,4-6,14-18H2,1-3H3,(H,29,36)/t22-,25?/m0/s1. The highest BCUT2D eigenvalue weighted by Gasteiger charge is 2.50. The molecule has 0 saturated carbocycles. The Balaban J connectivity index is 1.38. The molecular weight excluding hydrogens is 502 g/mol. The number of nitrogens with zero attached hydrogens (tertiary/aromatic N) is 4. The van der Waals surface area contributed by atoms with E-state index in [4.69, 9.17) is 14.2 Å². The Kier molecular flexibility index (Phi) is 7.78. The maximum atomic E-state index is 13.7. The number of carbonyl (C=O) groups is 3. The Labute approximate surface area is 228 Å². The van der Waals surface area contributed by atoms with E-state index in [1.807, 2.05) is 42.5 Å². The molecule has 39 heavy (non-hydrogen) atoms. The van der Waals surface area contributed by atoms with Crippen molar-refractivity contribution in [1.29, 1.82) is 0 Å². The summed E-state index contributed by atoms with van der Waals surface area (Å²) >= 11 is 0. The minimum absolute atomic E-state index is 0.0184. The number of carbonyl (C=O) groups excluding carboxylic acids is 3. The third-order valence-corrected chi connectivity index (χ3v) is 7.39. The van der Waals surface area contributed by atoms with Gasteiger partial charge in [-0.25, -0.2) is 14.8 Å². The van der Waals surface area contributed by atoms with E-state index >= 15 is 0 Å². The molecule has 2 saturated heterocycles. The van der Waals surface area contributed by atoms with E-state index < -0.39 is 12.2 Å². The van der Waals surface area contributed by atoms with Crippen molar-refractivity contribution in [3.05, 3.63) is 53.6 Å². The van der Waals surface area contributed by atoms with Gasteiger partial charge in [0.25, 0.3) is 0 Å². The lowest BCUT2D eigenvalue weighted by molar-refractivity contribution is -0.188. The van der Waals surface area contributed by atoms with Crippen LogP contribution in [0.15, 0.2) is 42.5 Å². The van der Waals surface area contributed by atoms with Crippen LogP contribution >= 0.6 is 0 Å². The van der Waals surface area contributed by atoms with Crippen molar-refractivity contribution in [2.45, 2.75) is 51.5 Å². The van der Waals surface area contributed by atoms with Crippen LogP contribution in [-0.2, 0) is 22.7 Å². The summed E-state index contributed by atoms with van der Waals surface area (Å²) in [7, 11) is 3.33. The molecule has 0 aromatic heterocycles. The van der Waals surface area contributed by atoms with Gasteiger partial charge in [-0.3, -0.25) is 9.59 Å². The lowest BCUT2D eigenvalue weighted by Crippen LogP contribution is -2.75. The third-order valence-electron chi connectivity index (χ3n) is 7.39. The molecule has 208 valence electrons. The van der Waals surface area contributed by atoms with Gasteiger partial charge >= 0.3 is 6.03 Å². The number of piperazine rings is 1. The normalized spacial score (nSPS) is 20.7. The van der Waals surface area contributed by atoms with Gasteiger partial charge in [-0.15, -0.1) is 0 Å². The van der Waals surface area contributed by atoms with Gasteiger partial charge in [0, 0.05) is 20.1 Å². The number of fused-ring (bicyclic) bond motifs is 2. The first-order chi connectivity index (χ1) is 18.9. The number of urea groups is 1. The van der Waals surface area contributed by atoms with E-state index in [1.165, 1.54) is 0 Å². The number of rotatable bonds is 8. The van der Waals surface area contributed by atoms with E-state index in [0.717, 1.165) is 29.7 Å².